The van der Waals surface area contributed by atoms with Crippen molar-refractivity contribution >= 4 is 5.91 Å². The van der Waals surface area contributed by atoms with Gasteiger partial charge in [-0.05, 0) is 30.5 Å². The molecule has 21 heavy (non-hydrogen) atoms. The van der Waals surface area contributed by atoms with Crippen molar-refractivity contribution in [1.29, 1.82) is 0 Å². The molecule has 4 nitrogen and oxygen atoms in total. The van der Waals surface area contributed by atoms with Crippen LogP contribution in [0.3, 0.4) is 0 Å². The quantitative estimate of drug-likeness (QED) is 0.876. The van der Waals surface area contributed by atoms with Crippen molar-refractivity contribution in [1.82, 2.24) is 10.2 Å². The van der Waals surface area contributed by atoms with Gasteiger partial charge in [0.25, 0.3) is 0 Å². The lowest BCUT2D eigenvalue weighted by molar-refractivity contribution is -0.131. The van der Waals surface area contributed by atoms with Crippen molar-refractivity contribution in [3.05, 3.63) is 29.8 Å². The summed E-state index contributed by atoms with van der Waals surface area (Å²) in [7, 11) is 1.66. The minimum Gasteiger partial charge on any atom is -0.497 e. The largest absolute Gasteiger partial charge is 0.497 e. The van der Waals surface area contributed by atoms with Crippen LogP contribution >= 0.6 is 0 Å². The van der Waals surface area contributed by atoms with Gasteiger partial charge in [0.2, 0.25) is 5.91 Å². The first-order valence-corrected chi connectivity index (χ1v) is 7.80. The van der Waals surface area contributed by atoms with E-state index in [0.717, 1.165) is 24.2 Å². The predicted molar refractivity (Wildman–Crippen MR) is 84.1 cm³/mol. The lowest BCUT2D eigenvalue weighted by Crippen LogP contribution is -2.42. The van der Waals surface area contributed by atoms with Crippen LogP contribution in [0.5, 0.6) is 5.75 Å². The van der Waals surface area contributed by atoms with E-state index in [9.17, 15) is 4.79 Å². The average Bonchev–Trinajstić information content (AvgIpc) is 2.90. The van der Waals surface area contributed by atoms with E-state index in [1.807, 2.05) is 29.2 Å². The van der Waals surface area contributed by atoms with Crippen LogP contribution in [0.15, 0.2) is 24.3 Å². The number of hydrogen-bond donors (Lipinski definition) is 1. The molecule has 0 bridgehead atoms. The number of amides is 1. The molecule has 1 aromatic carbocycles. The molecular formula is C17H26N2O2. The Morgan fingerprint density at radius 1 is 1.38 bits per heavy atom. The smallest absolute Gasteiger partial charge is 0.238 e. The maximum Gasteiger partial charge on any atom is 0.238 e. The van der Waals surface area contributed by atoms with E-state index in [4.69, 9.17) is 4.74 Å². The average molecular weight is 290 g/mol. The van der Waals surface area contributed by atoms with Gasteiger partial charge in [0.1, 0.15) is 11.9 Å². The fraction of sp³-hybridized carbons (Fsp3) is 0.588. The Labute approximate surface area is 127 Å². The Balaban J connectivity index is 2.27. The van der Waals surface area contributed by atoms with Gasteiger partial charge in [-0.3, -0.25) is 10.1 Å². The molecule has 1 fully saturated rings. The number of ether oxygens (including phenoxy) is 1. The second-order valence-electron chi connectivity index (χ2n) is 5.68. The minimum atomic E-state index is -0.0526. The van der Waals surface area contributed by atoms with Gasteiger partial charge in [-0.1, -0.05) is 38.8 Å². The molecule has 1 aliphatic heterocycles. The Morgan fingerprint density at radius 3 is 2.71 bits per heavy atom. The molecule has 4 heteroatoms. The van der Waals surface area contributed by atoms with Gasteiger partial charge in [0.15, 0.2) is 0 Å². The topological polar surface area (TPSA) is 41.6 Å². The number of hydrogen-bond acceptors (Lipinski definition) is 3. The summed E-state index contributed by atoms with van der Waals surface area (Å²) in [5.74, 6) is 1.54. The summed E-state index contributed by atoms with van der Waals surface area (Å²) < 4.78 is 5.30. The van der Waals surface area contributed by atoms with Crippen molar-refractivity contribution in [3.63, 3.8) is 0 Å². The molecule has 0 saturated carbocycles. The standard InChI is InChI=1S/C17H26N2O2/c1-5-13(6-2)12(3)19-16(20)11-18-17(19)14-8-7-9-15(10-14)21-4/h7-10,12-13,17-18H,5-6,11H2,1-4H3. The summed E-state index contributed by atoms with van der Waals surface area (Å²) in [6.07, 6.45) is 2.13. The van der Waals surface area contributed by atoms with Gasteiger partial charge in [-0.15, -0.1) is 0 Å². The molecule has 1 amide bonds. The molecule has 1 N–H and O–H groups in total. The fourth-order valence-corrected chi connectivity index (χ4v) is 3.27. The highest BCUT2D eigenvalue weighted by molar-refractivity contribution is 5.81. The molecule has 1 aliphatic rings. The number of nitrogens with zero attached hydrogens (tertiary/aromatic N) is 1. The number of methoxy groups -OCH3 is 1. The van der Waals surface area contributed by atoms with Crippen LogP contribution in [-0.2, 0) is 4.79 Å². The lowest BCUT2D eigenvalue weighted by atomic mass is 9.93. The van der Waals surface area contributed by atoms with Crippen molar-refractivity contribution in [3.8, 4) is 5.75 Å². The highest BCUT2D eigenvalue weighted by atomic mass is 16.5. The summed E-state index contributed by atoms with van der Waals surface area (Å²) in [6, 6.07) is 8.18. The fourth-order valence-electron chi connectivity index (χ4n) is 3.27. The van der Waals surface area contributed by atoms with Gasteiger partial charge in [-0.25, -0.2) is 0 Å². The van der Waals surface area contributed by atoms with Crippen LogP contribution in [0, 0.1) is 5.92 Å². The zero-order valence-corrected chi connectivity index (χ0v) is 13.4. The SMILES string of the molecule is CCC(CC)C(C)N1C(=O)CNC1c1cccc(OC)c1. The zero-order chi connectivity index (χ0) is 15.4. The molecule has 2 rings (SSSR count). The van der Waals surface area contributed by atoms with Crippen LogP contribution in [-0.4, -0.2) is 30.5 Å². The third-order valence-electron chi connectivity index (χ3n) is 4.59. The van der Waals surface area contributed by atoms with E-state index in [1.165, 1.54) is 0 Å². The van der Waals surface area contributed by atoms with Crippen LogP contribution in [0.25, 0.3) is 0 Å². The molecule has 0 spiro atoms. The summed E-state index contributed by atoms with van der Waals surface area (Å²) >= 11 is 0. The lowest BCUT2D eigenvalue weighted by Gasteiger charge is -2.35. The molecule has 116 valence electrons. The number of carbonyl (C=O) groups is 1. The highest BCUT2D eigenvalue weighted by Gasteiger charge is 2.37. The molecule has 1 heterocycles. The summed E-state index contributed by atoms with van der Waals surface area (Å²) in [5, 5.41) is 3.33. The maximum absolute atomic E-state index is 12.3. The van der Waals surface area contributed by atoms with E-state index in [1.54, 1.807) is 7.11 Å². The number of carbonyl (C=O) groups excluding carboxylic acids is 1. The van der Waals surface area contributed by atoms with Gasteiger partial charge in [-0.2, -0.15) is 0 Å². The van der Waals surface area contributed by atoms with Crippen molar-refractivity contribution < 1.29 is 9.53 Å². The van der Waals surface area contributed by atoms with Crippen molar-refractivity contribution in [2.45, 2.75) is 45.8 Å². The molecular weight excluding hydrogens is 264 g/mol. The molecule has 1 aromatic rings. The van der Waals surface area contributed by atoms with E-state index in [-0.39, 0.29) is 18.1 Å². The third-order valence-corrected chi connectivity index (χ3v) is 4.59. The maximum atomic E-state index is 12.3. The van der Waals surface area contributed by atoms with Gasteiger partial charge >= 0.3 is 0 Å². The van der Waals surface area contributed by atoms with E-state index < -0.39 is 0 Å². The zero-order valence-electron chi connectivity index (χ0n) is 13.4. The molecule has 2 atom stereocenters. The molecule has 0 radical (unpaired) electrons. The Morgan fingerprint density at radius 2 is 2.10 bits per heavy atom. The molecule has 0 aliphatic carbocycles. The second kappa shape index (κ2) is 6.94. The van der Waals surface area contributed by atoms with Crippen LogP contribution < -0.4 is 10.1 Å². The first kappa shape index (κ1) is 15.8. The number of nitrogens with one attached hydrogen (secondary N) is 1. The minimum absolute atomic E-state index is 0.0526. The monoisotopic (exact) mass is 290 g/mol. The number of benzene rings is 1. The highest BCUT2D eigenvalue weighted by Crippen LogP contribution is 2.31. The summed E-state index contributed by atoms with van der Waals surface area (Å²) in [5.41, 5.74) is 1.08. The van der Waals surface area contributed by atoms with Crippen molar-refractivity contribution in [2.24, 2.45) is 5.92 Å². The van der Waals surface area contributed by atoms with E-state index in [2.05, 4.69) is 26.1 Å². The van der Waals surface area contributed by atoms with Crippen molar-refractivity contribution in [2.75, 3.05) is 13.7 Å². The molecule has 1 saturated heterocycles. The normalized spacial score (nSPS) is 20.1. The first-order chi connectivity index (χ1) is 10.1. The van der Waals surface area contributed by atoms with Gasteiger partial charge in [0, 0.05) is 6.04 Å². The summed E-state index contributed by atoms with van der Waals surface area (Å²) in [4.78, 5) is 14.3. The van der Waals surface area contributed by atoms with E-state index >= 15 is 0 Å². The first-order valence-electron chi connectivity index (χ1n) is 7.80. The summed E-state index contributed by atoms with van der Waals surface area (Å²) in [6.45, 7) is 6.96. The Bertz CT molecular complexity index is 485. The Kier molecular flexibility index (Phi) is 5.23. The van der Waals surface area contributed by atoms with Crippen LogP contribution in [0.4, 0.5) is 0 Å². The number of rotatable bonds is 6. The second-order valence-corrected chi connectivity index (χ2v) is 5.68. The van der Waals surface area contributed by atoms with Gasteiger partial charge in [0.05, 0.1) is 13.7 Å². The Hall–Kier alpha value is -1.55. The van der Waals surface area contributed by atoms with E-state index in [0.29, 0.717) is 12.5 Å². The third kappa shape index (κ3) is 3.21. The van der Waals surface area contributed by atoms with Crippen LogP contribution in [0.1, 0.15) is 45.3 Å². The molecule has 2 unspecified atom stereocenters. The van der Waals surface area contributed by atoms with Crippen LogP contribution in [0.2, 0.25) is 0 Å². The van der Waals surface area contributed by atoms with Gasteiger partial charge < -0.3 is 9.64 Å². The molecule has 0 aromatic heterocycles. The predicted octanol–water partition coefficient (Wildman–Crippen LogP) is 2.95.